The Hall–Kier alpha value is -2.08. The average Bonchev–Trinajstić information content (AvgIpc) is 2.47. The molecule has 0 aliphatic carbocycles. The van der Waals surface area contributed by atoms with Gasteiger partial charge in [-0.05, 0) is 48.7 Å². The molecule has 0 saturated carbocycles. The summed E-state index contributed by atoms with van der Waals surface area (Å²) in [6, 6.07) is 11.9. The summed E-state index contributed by atoms with van der Waals surface area (Å²) >= 11 is 0. The van der Waals surface area contributed by atoms with Crippen LogP contribution in [0.2, 0.25) is 0 Å². The molecule has 0 bridgehead atoms. The molecule has 4 nitrogen and oxygen atoms in total. The smallest absolute Gasteiger partial charge is 0.229 e. The molecule has 124 valence electrons. The largest absolute Gasteiger partial charge is 0.378 e. The highest BCUT2D eigenvalue weighted by molar-refractivity contribution is 7.92. The molecule has 2 N–H and O–H groups in total. The maximum Gasteiger partial charge on any atom is 0.229 e. The van der Waals surface area contributed by atoms with E-state index in [9.17, 15) is 12.8 Å². The molecule has 0 aliphatic heterocycles. The zero-order valence-electron chi connectivity index (χ0n) is 13.4. The molecular weight excluding hydrogens is 315 g/mol. The quantitative estimate of drug-likeness (QED) is 0.836. The summed E-state index contributed by atoms with van der Waals surface area (Å²) < 4.78 is 38.4. The van der Waals surface area contributed by atoms with Crippen molar-refractivity contribution in [3.63, 3.8) is 0 Å². The van der Waals surface area contributed by atoms with Crippen LogP contribution in [0.5, 0.6) is 0 Å². The van der Waals surface area contributed by atoms with Crippen LogP contribution in [0.15, 0.2) is 42.5 Å². The van der Waals surface area contributed by atoms with Gasteiger partial charge >= 0.3 is 0 Å². The molecular formula is C17H21FN2O2S. The van der Waals surface area contributed by atoms with Crippen molar-refractivity contribution in [2.24, 2.45) is 0 Å². The second-order valence-electron chi connectivity index (χ2n) is 5.56. The first kappa shape index (κ1) is 17.3. The molecule has 6 heteroatoms. The average molecular weight is 336 g/mol. The number of benzene rings is 2. The fraction of sp³-hybridized carbons (Fsp3) is 0.294. The molecule has 0 unspecified atom stereocenters. The third kappa shape index (κ3) is 4.96. The second-order valence-corrected chi connectivity index (χ2v) is 7.31. The van der Waals surface area contributed by atoms with Crippen LogP contribution in [-0.4, -0.2) is 14.7 Å². The van der Waals surface area contributed by atoms with E-state index in [4.69, 9.17) is 0 Å². The lowest BCUT2D eigenvalue weighted by Gasteiger charge is -2.20. The van der Waals surface area contributed by atoms with Crippen LogP contribution in [0.4, 0.5) is 15.8 Å². The first-order valence-electron chi connectivity index (χ1n) is 7.39. The number of hydrogen-bond donors (Lipinski definition) is 2. The van der Waals surface area contributed by atoms with Gasteiger partial charge in [0.1, 0.15) is 5.82 Å². The second kappa shape index (κ2) is 7.00. The van der Waals surface area contributed by atoms with E-state index in [0.29, 0.717) is 5.69 Å². The van der Waals surface area contributed by atoms with Gasteiger partial charge in [-0.2, -0.15) is 0 Å². The maximum atomic E-state index is 13.1. The number of nitrogens with one attached hydrogen (secondary N) is 2. The van der Waals surface area contributed by atoms with Crippen LogP contribution < -0.4 is 10.0 Å². The van der Waals surface area contributed by atoms with Crippen molar-refractivity contribution in [2.45, 2.75) is 26.3 Å². The van der Waals surface area contributed by atoms with Crippen molar-refractivity contribution in [3.8, 4) is 0 Å². The lowest BCUT2D eigenvalue weighted by Crippen LogP contribution is -2.12. The van der Waals surface area contributed by atoms with Gasteiger partial charge in [0, 0.05) is 5.69 Å². The molecule has 0 spiro atoms. The van der Waals surface area contributed by atoms with Crippen molar-refractivity contribution < 1.29 is 12.8 Å². The fourth-order valence-corrected chi connectivity index (χ4v) is 2.96. The van der Waals surface area contributed by atoms with Crippen LogP contribution >= 0.6 is 0 Å². The number of sulfonamides is 1. The van der Waals surface area contributed by atoms with Crippen LogP contribution in [0.25, 0.3) is 0 Å². The Morgan fingerprint density at radius 1 is 1.13 bits per heavy atom. The maximum absolute atomic E-state index is 13.1. The summed E-state index contributed by atoms with van der Waals surface area (Å²) in [4.78, 5) is 0. The van der Waals surface area contributed by atoms with E-state index in [1.165, 1.54) is 12.1 Å². The van der Waals surface area contributed by atoms with Crippen molar-refractivity contribution in [1.29, 1.82) is 0 Å². The molecule has 2 aromatic carbocycles. The number of anilines is 2. The van der Waals surface area contributed by atoms with E-state index in [1.54, 1.807) is 18.2 Å². The van der Waals surface area contributed by atoms with Gasteiger partial charge in [-0.1, -0.05) is 25.1 Å². The number of rotatable bonds is 6. The van der Waals surface area contributed by atoms with Gasteiger partial charge in [0.25, 0.3) is 0 Å². The van der Waals surface area contributed by atoms with Crippen molar-refractivity contribution in [3.05, 3.63) is 59.4 Å². The monoisotopic (exact) mass is 336 g/mol. The highest BCUT2D eigenvalue weighted by Crippen LogP contribution is 2.26. The third-order valence-electron chi connectivity index (χ3n) is 3.55. The van der Waals surface area contributed by atoms with E-state index in [-0.39, 0.29) is 11.9 Å². The topological polar surface area (TPSA) is 58.2 Å². The Morgan fingerprint density at radius 2 is 1.78 bits per heavy atom. The van der Waals surface area contributed by atoms with Crippen LogP contribution in [0, 0.1) is 12.7 Å². The van der Waals surface area contributed by atoms with E-state index in [1.807, 2.05) is 26.0 Å². The molecule has 0 heterocycles. The highest BCUT2D eigenvalue weighted by atomic mass is 32.2. The number of hydrogen-bond acceptors (Lipinski definition) is 3. The summed E-state index contributed by atoms with van der Waals surface area (Å²) in [5, 5.41) is 3.36. The molecule has 0 amide bonds. The van der Waals surface area contributed by atoms with Crippen molar-refractivity contribution in [1.82, 2.24) is 0 Å². The van der Waals surface area contributed by atoms with Crippen molar-refractivity contribution >= 4 is 21.4 Å². The Labute approximate surface area is 136 Å². The summed E-state index contributed by atoms with van der Waals surface area (Å²) in [5.41, 5.74) is 3.17. The predicted octanol–water partition coefficient (Wildman–Crippen LogP) is 4.07. The molecule has 0 fully saturated rings. The summed E-state index contributed by atoms with van der Waals surface area (Å²) in [6.45, 7) is 3.87. The first-order chi connectivity index (χ1) is 10.8. The minimum Gasteiger partial charge on any atom is -0.378 e. The molecule has 0 aromatic heterocycles. The van der Waals surface area contributed by atoms with Gasteiger partial charge in [0.15, 0.2) is 0 Å². The molecule has 23 heavy (non-hydrogen) atoms. The summed E-state index contributed by atoms with van der Waals surface area (Å²) in [5.74, 6) is -0.265. The highest BCUT2D eigenvalue weighted by Gasteiger charge is 2.11. The van der Waals surface area contributed by atoms with Gasteiger partial charge in [0.05, 0.1) is 18.0 Å². The lowest BCUT2D eigenvalue weighted by molar-refractivity contribution is 0.606. The van der Waals surface area contributed by atoms with E-state index in [2.05, 4.69) is 10.0 Å². The lowest BCUT2D eigenvalue weighted by atomic mass is 10.0. The van der Waals surface area contributed by atoms with Gasteiger partial charge in [-0.15, -0.1) is 0 Å². The van der Waals surface area contributed by atoms with E-state index in [0.717, 1.165) is 29.5 Å². The zero-order valence-corrected chi connectivity index (χ0v) is 14.2. The van der Waals surface area contributed by atoms with E-state index >= 15 is 0 Å². The van der Waals surface area contributed by atoms with E-state index < -0.39 is 10.0 Å². The summed E-state index contributed by atoms with van der Waals surface area (Å²) in [7, 11) is -3.33. The van der Waals surface area contributed by atoms with Gasteiger partial charge in [-0.25, -0.2) is 12.8 Å². The van der Waals surface area contributed by atoms with Crippen LogP contribution in [0.3, 0.4) is 0 Å². The van der Waals surface area contributed by atoms with Crippen LogP contribution in [-0.2, 0) is 10.0 Å². The molecule has 1 atom stereocenters. The Balaban J connectivity index is 2.24. The Morgan fingerprint density at radius 3 is 2.35 bits per heavy atom. The number of halogens is 1. The fourth-order valence-electron chi connectivity index (χ4n) is 2.34. The SMILES string of the molecule is CC[C@@H](Nc1ccc(C)c(NS(C)(=O)=O)c1)c1ccc(F)cc1. The standard InChI is InChI=1S/C17H21FN2O2S/c1-4-16(13-6-8-14(18)9-7-13)19-15-10-5-12(2)17(11-15)20-23(3,21)22/h5-11,16,19-20H,4H2,1-3H3/t16-/m1/s1. The molecule has 0 aliphatic rings. The zero-order chi connectivity index (χ0) is 17.0. The van der Waals surface area contributed by atoms with Gasteiger partial charge in [-0.3, -0.25) is 4.72 Å². The number of aryl methyl sites for hydroxylation is 1. The summed E-state index contributed by atoms with van der Waals surface area (Å²) in [6.07, 6.45) is 1.94. The Kier molecular flexibility index (Phi) is 5.26. The molecule has 0 radical (unpaired) electrons. The first-order valence-corrected chi connectivity index (χ1v) is 9.28. The normalized spacial score (nSPS) is 12.7. The van der Waals surface area contributed by atoms with Crippen molar-refractivity contribution in [2.75, 3.05) is 16.3 Å². The van der Waals surface area contributed by atoms with Crippen LogP contribution in [0.1, 0.15) is 30.5 Å². The van der Waals surface area contributed by atoms with Gasteiger partial charge in [0.2, 0.25) is 10.0 Å². The molecule has 2 rings (SSSR count). The predicted molar refractivity (Wildman–Crippen MR) is 92.7 cm³/mol. The minimum atomic E-state index is -3.33. The molecule has 2 aromatic rings. The Bertz CT molecular complexity index is 774. The minimum absolute atomic E-state index is 0.0180. The van der Waals surface area contributed by atoms with Gasteiger partial charge < -0.3 is 5.32 Å². The third-order valence-corrected chi connectivity index (χ3v) is 4.15. The molecule has 0 saturated heterocycles.